The summed E-state index contributed by atoms with van der Waals surface area (Å²) in [6, 6.07) is 9.72. The molecule has 1 aromatic carbocycles. The monoisotopic (exact) mass is 314 g/mol. The Hall–Kier alpha value is -2.03. The Labute approximate surface area is 139 Å². The molecule has 23 heavy (non-hydrogen) atoms. The smallest absolute Gasteiger partial charge is 0.315 e. The Morgan fingerprint density at radius 1 is 1.22 bits per heavy atom. The van der Waals surface area contributed by atoms with Crippen molar-refractivity contribution in [1.29, 1.82) is 0 Å². The van der Waals surface area contributed by atoms with Crippen LogP contribution in [0.2, 0.25) is 0 Å². The molecule has 2 rings (SSSR count). The Morgan fingerprint density at radius 2 is 1.91 bits per heavy atom. The molecule has 0 aromatic heterocycles. The van der Waals surface area contributed by atoms with E-state index in [9.17, 15) is 4.79 Å². The minimum Gasteiger partial charge on any atom is -0.334 e. The standard InChI is InChI=1S/C18H26N4O/c1-16(15-22-13-11-21(2)12-14-22)20-18(23)19-10-6-9-17-7-4-3-5-8-17/h3-5,7-8,16H,10-15H2,1-2H3,(H2,19,20,23). The van der Waals surface area contributed by atoms with E-state index < -0.39 is 0 Å². The summed E-state index contributed by atoms with van der Waals surface area (Å²) in [6.07, 6.45) is 0. The first kappa shape index (κ1) is 17.3. The van der Waals surface area contributed by atoms with Gasteiger partial charge < -0.3 is 15.5 Å². The zero-order valence-electron chi connectivity index (χ0n) is 14.0. The van der Waals surface area contributed by atoms with Gasteiger partial charge in [-0.1, -0.05) is 30.0 Å². The first-order chi connectivity index (χ1) is 11.1. The van der Waals surface area contributed by atoms with Crippen molar-refractivity contribution in [3.05, 3.63) is 35.9 Å². The van der Waals surface area contributed by atoms with Crippen molar-refractivity contribution >= 4 is 6.03 Å². The fraction of sp³-hybridized carbons (Fsp3) is 0.500. The number of amides is 2. The highest BCUT2D eigenvalue weighted by atomic mass is 16.2. The van der Waals surface area contributed by atoms with Gasteiger partial charge in [0.05, 0.1) is 6.54 Å². The summed E-state index contributed by atoms with van der Waals surface area (Å²) in [4.78, 5) is 16.6. The maximum absolute atomic E-state index is 11.8. The van der Waals surface area contributed by atoms with Crippen molar-refractivity contribution in [3.63, 3.8) is 0 Å². The van der Waals surface area contributed by atoms with Gasteiger partial charge >= 0.3 is 6.03 Å². The normalized spacial score (nSPS) is 17.0. The van der Waals surface area contributed by atoms with Gasteiger partial charge in [0.1, 0.15) is 0 Å². The van der Waals surface area contributed by atoms with Crippen LogP contribution >= 0.6 is 0 Å². The van der Waals surface area contributed by atoms with Gasteiger partial charge in [0.15, 0.2) is 0 Å². The van der Waals surface area contributed by atoms with Crippen LogP contribution in [0, 0.1) is 11.8 Å². The lowest BCUT2D eigenvalue weighted by Gasteiger charge is -2.34. The van der Waals surface area contributed by atoms with Crippen LogP contribution in [-0.4, -0.2) is 68.2 Å². The first-order valence-corrected chi connectivity index (χ1v) is 8.12. The summed E-state index contributed by atoms with van der Waals surface area (Å²) < 4.78 is 0. The topological polar surface area (TPSA) is 47.6 Å². The van der Waals surface area contributed by atoms with E-state index in [2.05, 4.69) is 39.3 Å². The molecule has 0 bridgehead atoms. The van der Waals surface area contributed by atoms with Gasteiger partial charge in [-0.3, -0.25) is 4.90 Å². The van der Waals surface area contributed by atoms with Crippen LogP contribution in [0.15, 0.2) is 30.3 Å². The molecule has 1 fully saturated rings. The third-order valence-corrected chi connectivity index (χ3v) is 3.85. The largest absolute Gasteiger partial charge is 0.334 e. The number of urea groups is 1. The number of carbonyl (C=O) groups excluding carboxylic acids is 1. The lowest BCUT2D eigenvalue weighted by Crippen LogP contribution is -2.51. The summed E-state index contributed by atoms with van der Waals surface area (Å²) >= 11 is 0. The molecule has 0 aliphatic carbocycles. The van der Waals surface area contributed by atoms with Crippen LogP contribution < -0.4 is 10.6 Å². The van der Waals surface area contributed by atoms with E-state index in [-0.39, 0.29) is 12.1 Å². The number of nitrogens with zero attached hydrogens (tertiary/aromatic N) is 2. The maximum atomic E-state index is 11.8. The highest BCUT2D eigenvalue weighted by Crippen LogP contribution is 2.00. The third kappa shape index (κ3) is 6.72. The van der Waals surface area contributed by atoms with Crippen molar-refractivity contribution in [3.8, 4) is 11.8 Å². The second-order valence-electron chi connectivity index (χ2n) is 6.00. The molecule has 0 saturated carbocycles. The van der Waals surface area contributed by atoms with E-state index in [1.807, 2.05) is 37.3 Å². The molecular weight excluding hydrogens is 288 g/mol. The minimum absolute atomic E-state index is 0.125. The Kier molecular flexibility index (Phi) is 6.92. The maximum Gasteiger partial charge on any atom is 0.315 e. The van der Waals surface area contributed by atoms with Crippen LogP contribution in [0.4, 0.5) is 4.79 Å². The summed E-state index contributed by atoms with van der Waals surface area (Å²) in [5.74, 6) is 5.97. The van der Waals surface area contributed by atoms with Gasteiger partial charge in [0.25, 0.3) is 0 Å². The molecule has 1 aromatic rings. The number of hydrogen-bond acceptors (Lipinski definition) is 3. The van der Waals surface area contributed by atoms with Gasteiger partial charge in [-0.05, 0) is 26.1 Å². The van der Waals surface area contributed by atoms with E-state index >= 15 is 0 Å². The second kappa shape index (κ2) is 9.19. The van der Waals surface area contributed by atoms with Gasteiger partial charge in [-0.2, -0.15) is 0 Å². The molecule has 5 nitrogen and oxygen atoms in total. The molecule has 2 N–H and O–H groups in total. The van der Waals surface area contributed by atoms with Crippen LogP contribution in [0.25, 0.3) is 0 Å². The molecule has 0 radical (unpaired) electrons. The van der Waals surface area contributed by atoms with Crippen molar-refractivity contribution in [2.24, 2.45) is 0 Å². The summed E-state index contributed by atoms with van der Waals surface area (Å²) in [5.41, 5.74) is 0.957. The van der Waals surface area contributed by atoms with Crippen molar-refractivity contribution < 1.29 is 4.79 Å². The van der Waals surface area contributed by atoms with E-state index in [0.29, 0.717) is 6.54 Å². The van der Waals surface area contributed by atoms with E-state index in [4.69, 9.17) is 0 Å². The number of hydrogen-bond donors (Lipinski definition) is 2. The van der Waals surface area contributed by atoms with Gasteiger partial charge in [-0.25, -0.2) is 4.79 Å². The predicted molar refractivity (Wildman–Crippen MR) is 93.3 cm³/mol. The summed E-state index contributed by atoms with van der Waals surface area (Å²) in [5, 5.41) is 5.74. The molecule has 1 unspecified atom stereocenters. The average Bonchev–Trinajstić information content (AvgIpc) is 2.55. The Balaban J connectivity index is 1.63. The lowest BCUT2D eigenvalue weighted by molar-refractivity contribution is 0.145. The molecule has 1 heterocycles. The van der Waals surface area contributed by atoms with E-state index in [1.165, 1.54) is 0 Å². The molecule has 124 valence electrons. The lowest BCUT2D eigenvalue weighted by atomic mass is 10.2. The molecule has 5 heteroatoms. The number of benzene rings is 1. The average molecular weight is 314 g/mol. The van der Waals surface area contributed by atoms with E-state index in [0.717, 1.165) is 38.3 Å². The summed E-state index contributed by atoms with van der Waals surface area (Å²) in [6.45, 7) is 7.58. The first-order valence-electron chi connectivity index (χ1n) is 8.12. The van der Waals surface area contributed by atoms with Crippen LogP contribution in [0.1, 0.15) is 12.5 Å². The minimum atomic E-state index is -0.158. The van der Waals surface area contributed by atoms with Gasteiger partial charge in [0.2, 0.25) is 0 Å². The molecular formula is C18H26N4O. The number of nitrogens with one attached hydrogen (secondary N) is 2. The third-order valence-electron chi connectivity index (χ3n) is 3.85. The molecule has 1 saturated heterocycles. The van der Waals surface area contributed by atoms with Crippen molar-refractivity contribution in [1.82, 2.24) is 20.4 Å². The van der Waals surface area contributed by atoms with E-state index in [1.54, 1.807) is 0 Å². The SMILES string of the molecule is CC(CN1CCN(C)CC1)NC(=O)NCC#Cc1ccccc1. The fourth-order valence-corrected chi connectivity index (χ4v) is 2.53. The van der Waals surface area contributed by atoms with Gasteiger partial charge in [0, 0.05) is 44.3 Å². The fourth-order valence-electron chi connectivity index (χ4n) is 2.53. The molecule has 1 aliphatic rings. The van der Waals surface area contributed by atoms with Crippen LogP contribution in [0.5, 0.6) is 0 Å². The van der Waals surface area contributed by atoms with Crippen molar-refractivity contribution in [2.45, 2.75) is 13.0 Å². The predicted octanol–water partition coefficient (Wildman–Crippen LogP) is 0.973. The molecule has 1 atom stereocenters. The highest BCUT2D eigenvalue weighted by molar-refractivity contribution is 5.74. The second-order valence-corrected chi connectivity index (χ2v) is 6.00. The van der Waals surface area contributed by atoms with Crippen LogP contribution in [-0.2, 0) is 0 Å². The van der Waals surface area contributed by atoms with Gasteiger partial charge in [-0.15, -0.1) is 0 Å². The molecule has 2 amide bonds. The summed E-state index contributed by atoms with van der Waals surface area (Å²) in [7, 11) is 2.14. The van der Waals surface area contributed by atoms with Crippen LogP contribution in [0.3, 0.4) is 0 Å². The Bertz CT molecular complexity index is 541. The molecule has 1 aliphatic heterocycles. The quantitative estimate of drug-likeness (QED) is 0.814. The zero-order chi connectivity index (χ0) is 16.5. The number of piperazine rings is 1. The Morgan fingerprint density at radius 3 is 2.61 bits per heavy atom. The van der Waals surface area contributed by atoms with Crippen molar-refractivity contribution in [2.75, 3.05) is 46.3 Å². The number of likely N-dealkylation sites (N-methyl/N-ethyl adjacent to an activating group) is 1. The highest BCUT2D eigenvalue weighted by Gasteiger charge is 2.16. The number of carbonyl (C=O) groups is 1. The zero-order valence-corrected chi connectivity index (χ0v) is 14.0. The number of rotatable bonds is 4. The molecule has 0 spiro atoms.